The van der Waals surface area contributed by atoms with Crippen molar-refractivity contribution in [3.63, 3.8) is 0 Å². The molecule has 0 aliphatic carbocycles. The highest BCUT2D eigenvalue weighted by Gasteiger charge is 2.37. The monoisotopic (exact) mass is 350 g/mol. The predicted molar refractivity (Wildman–Crippen MR) is 89.4 cm³/mol. The van der Waals surface area contributed by atoms with Gasteiger partial charge in [-0.05, 0) is 4.91 Å². The van der Waals surface area contributed by atoms with E-state index in [1.54, 1.807) is 48.5 Å². The van der Waals surface area contributed by atoms with Crippen molar-refractivity contribution >= 4 is 11.5 Å². The van der Waals surface area contributed by atoms with Crippen molar-refractivity contribution < 1.29 is 14.5 Å². The Kier molecular flexibility index (Phi) is 3.82. The van der Waals surface area contributed by atoms with E-state index in [0.29, 0.717) is 11.1 Å². The molecule has 0 saturated heterocycles. The van der Waals surface area contributed by atoms with E-state index in [1.807, 2.05) is 12.1 Å². The van der Waals surface area contributed by atoms with Gasteiger partial charge in [-0.15, -0.1) is 0 Å². The molecule has 2 heterocycles. The lowest BCUT2D eigenvalue weighted by atomic mass is 10.1. The Bertz CT molecular complexity index is 1080. The molecular formula is C16H10N6O4. The Morgan fingerprint density at radius 3 is 2.31 bits per heavy atom. The van der Waals surface area contributed by atoms with Crippen LogP contribution >= 0.6 is 0 Å². The zero-order chi connectivity index (χ0) is 17.9. The van der Waals surface area contributed by atoms with E-state index in [1.165, 1.54) is 0 Å². The second-order valence-electron chi connectivity index (χ2n) is 5.14. The summed E-state index contributed by atoms with van der Waals surface area (Å²) in [4.78, 5) is 16.6. The molecule has 0 bridgehead atoms. The molecule has 0 amide bonds. The Morgan fingerprint density at radius 1 is 0.962 bits per heavy atom. The second kappa shape index (κ2) is 6.43. The van der Waals surface area contributed by atoms with Crippen molar-refractivity contribution in [2.24, 2.45) is 15.4 Å². The molecule has 0 unspecified atom stereocenters. The second-order valence-corrected chi connectivity index (χ2v) is 5.14. The van der Waals surface area contributed by atoms with Crippen molar-refractivity contribution in [3.8, 4) is 11.3 Å². The first kappa shape index (κ1) is 15.4. The topological polar surface area (TPSA) is 120 Å². The molecular weight excluding hydrogens is 340 g/mol. The molecule has 0 spiro atoms. The van der Waals surface area contributed by atoms with Gasteiger partial charge in [-0.2, -0.15) is 10.1 Å². The fourth-order valence-corrected chi connectivity index (χ4v) is 2.31. The summed E-state index contributed by atoms with van der Waals surface area (Å²) in [5.74, 6) is -0.198. The first-order valence-corrected chi connectivity index (χ1v) is 7.46. The first-order chi connectivity index (χ1) is 12.7. The molecule has 10 heteroatoms. The van der Waals surface area contributed by atoms with E-state index in [2.05, 4.69) is 30.1 Å². The van der Waals surface area contributed by atoms with Crippen LogP contribution in [0.4, 0.5) is 0 Å². The summed E-state index contributed by atoms with van der Waals surface area (Å²) >= 11 is 0. The van der Waals surface area contributed by atoms with Gasteiger partial charge in [-0.1, -0.05) is 70.7 Å². The summed E-state index contributed by atoms with van der Waals surface area (Å²) in [6.07, 6.45) is 0. The highest BCUT2D eigenvalue weighted by Crippen LogP contribution is 2.13. The van der Waals surface area contributed by atoms with Crippen molar-refractivity contribution in [2.75, 3.05) is 0 Å². The van der Waals surface area contributed by atoms with Gasteiger partial charge in [-0.25, -0.2) is 0 Å². The number of nitrogens with zero attached hydrogens (tertiary/aromatic N) is 6. The molecule has 4 rings (SSSR count). The van der Waals surface area contributed by atoms with E-state index >= 15 is 0 Å². The van der Waals surface area contributed by atoms with E-state index in [-0.39, 0.29) is 32.6 Å². The zero-order valence-electron chi connectivity index (χ0n) is 13.1. The van der Waals surface area contributed by atoms with Gasteiger partial charge < -0.3 is 9.84 Å². The van der Waals surface area contributed by atoms with E-state index < -0.39 is 0 Å². The number of amidine groups is 1. The number of rotatable bonds is 3. The fraction of sp³-hybridized carbons (Fsp3) is 0. The van der Waals surface area contributed by atoms with Crippen molar-refractivity contribution in [1.29, 1.82) is 0 Å². The first-order valence-electron chi connectivity index (χ1n) is 7.46. The third kappa shape index (κ3) is 2.75. The quantitative estimate of drug-likeness (QED) is 0.667. The summed E-state index contributed by atoms with van der Waals surface area (Å²) in [6, 6.07) is 17.7. The number of hydrogen-bond acceptors (Lipinski definition) is 8. The van der Waals surface area contributed by atoms with Crippen LogP contribution in [0.2, 0.25) is 0 Å². The normalized spacial score (nSPS) is 16.0. The SMILES string of the molecule is O=[N+]1ON=C(c2ccccc2)C1=NN=c1c(-c2ccccc2)non1[O-]. The number of hydrogen-bond donors (Lipinski definition) is 0. The molecule has 128 valence electrons. The lowest BCUT2D eigenvalue weighted by molar-refractivity contribution is -0.716. The summed E-state index contributed by atoms with van der Waals surface area (Å²) in [5, 5.41) is 26.9. The molecule has 2 aromatic carbocycles. The molecule has 0 radical (unpaired) electrons. The Morgan fingerprint density at radius 2 is 1.62 bits per heavy atom. The highest BCUT2D eigenvalue weighted by atomic mass is 16.9. The minimum atomic E-state index is -0.198. The molecule has 10 nitrogen and oxygen atoms in total. The molecule has 0 fully saturated rings. The number of oxime groups is 1. The van der Waals surface area contributed by atoms with E-state index in [4.69, 9.17) is 0 Å². The Labute approximate surface area is 145 Å². The van der Waals surface area contributed by atoms with Crippen LogP contribution < -0.4 is 5.49 Å². The van der Waals surface area contributed by atoms with Crippen LogP contribution in [-0.4, -0.2) is 26.5 Å². The predicted octanol–water partition coefficient (Wildman–Crippen LogP) is 1.83. The largest absolute Gasteiger partial charge is 0.459 e. The minimum absolute atomic E-state index is 0.108. The van der Waals surface area contributed by atoms with Crippen LogP contribution in [0, 0.1) is 10.1 Å². The van der Waals surface area contributed by atoms with E-state index in [9.17, 15) is 10.1 Å². The van der Waals surface area contributed by atoms with Gasteiger partial charge in [0, 0.05) is 16.2 Å². The number of benzene rings is 2. The third-order valence-corrected chi connectivity index (χ3v) is 3.52. The van der Waals surface area contributed by atoms with Crippen molar-refractivity contribution in [3.05, 3.63) is 81.8 Å². The summed E-state index contributed by atoms with van der Waals surface area (Å²) in [7, 11) is 0. The molecule has 26 heavy (non-hydrogen) atoms. The summed E-state index contributed by atoms with van der Waals surface area (Å²) < 4.78 is 4.60. The summed E-state index contributed by atoms with van der Waals surface area (Å²) in [6.45, 7) is 0. The van der Waals surface area contributed by atoms with Crippen LogP contribution in [0.15, 0.2) is 80.7 Å². The van der Waals surface area contributed by atoms with Crippen molar-refractivity contribution in [2.45, 2.75) is 0 Å². The molecule has 0 atom stereocenters. The van der Waals surface area contributed by atoms with Crippen LogP contribution in [0.3, 0.4) is 0 Å². The lowest BCUT2D eigenvalue weighted by Crippen LogP contribution is -2.21. The summed E-state index contributed by atoms with van der Waals surface area (Å²) in [5.41, 5.74) is 1.42. The smallest absolute Gasteiger partial charge is 0.417 e. The molecule has 0 saturated carbocycles. The molecule has 1 aromatic heterocycles. The zero-order valence-corrected chi connectivity index (χ0v) is 13.1. The maximum atomic E-state index is 11.8. The minimum Gasteiger partial charge on any atom is -0.459 e. The van der Waals surface area contributed by atoms with Gasteiger partial charge in [0.05, 0.1) is 0 Å². The third-order valence-electron chi connectivity index (χ3n) is 3.52. The molecule has 1 aliphatic heterocycles. The lowest BCUT2D eigenvalue weighted by Gasteiger charge is -1.94. The molecule has 3 aromatic rings. The average molecular weight is 350 g/mol. The van der Waals surface area contributed by atoms with Gasteiger partial charge in [0.25, 0.3) is 5.71 Å². The van der Waals surface area contributed by atoms with Crippen LogP contribution in [0.5, 0.6) is 0 Å². The van der Waals surface area contributed by atoms with Gasteiger partial charge in [0.2, 0.25) is 5.49 Å². The van der Waals surface area contributed by atoms with Gasteiger partial charge in [-0.3, -0.25) is 0 Å². The van der Waals surface area contributed by atoms with Gasteiger partial charge in [0.15, 0.2) is 4.92 Å². The molecule has 0 N–H and O–H groups in total. The van der Waals surface area contributed by atoms with Gasteiger partial charge >= 0.3 is 5.84 Å². The van der Waals surface area contributed by atoms with Crippen LogP contribution in [-0.2, 0) is 4.94 Å². The maximum Gasteiger partial charge on any atom is 0.417 e. The standard InChI is InChI=1S/C16H10N6O4/c23-21-15(13(19-25-21)11-7-3-1-4-8-11)17-18-16-14(20-26-22(16)24)12-9-5-2-6-10-12/h1-10H. The highest BCUT2D eigenvalue weighted by molar-refractivity contribution is 6.44. The maximum absolute atomic E-state index is 11.8. The van der Waals surface area contributed by atoms with Crippen LogP contribution in [0.25, 0.3) is 11.3 Å². The fourth-order valence-electron chi connectivity index (χ4n) is 2.31. The number of aromatic nitrogens is 2. The van der Waals surface area contributed by atoms with Crippen molar-refractivity contribution in [1.82, 2.24) is 10.1 Å². The Hall–Kier alpha value is -4.08. The Balaban J connectivity index is 1.79. The van der Waals surface area contributed by atoms with E-state index in [0.717, 1.165) is 0 Å². The average Bonchev–Trinajstić information content (AvgIpc) is 3.24. The van der Waals surface area contributed by atoms with Gasteiger partial charge in [0.1, 0.15) is 10.8 Å². The van der Waals surface area contributed by atoms with Crippen LogP contribution in [0.1, 0.15) is 5.56 Å². The molecule has 1 aliphatic rings.